The fourth-order valence-corrected chi connectivity index (χ4v) is 2.82. The van der Waals surface area contributed by atoms with Crippen LogP contribution in [0.5, 0.6) is 0 Å². The molecule has 0 aliphatic heterocycles. The summed E-state index contributed by atoms with van der Waals surface area (Å²) in [7, 11) is 0. The Morgan fingerprint density at radius 3 is 2.62 bits per heavy atom. The molecule has 1 aliphatic rings. The van der Waals surface area contributed by atoms with E-state index in [9.17, 15) is 4.79 Å². The van der Waals surface area contributed by atoms with Crippen LogP contribution in [0, 0.1) is 0 Å². The van der Waals surface area contributed by atoms with Crippen molar-refractivity contribution in [1.29, 1.82) is 0 Å². The quantitative estimate of drug-likeness (QED) is 0.621. The lowest BCUT2D eigenvalue weighted by Crippen LogP contribution is -1.95. The average molecular weight is 291 g/mol. The molecule has 0 saturated heterocycles. The molecular weight excluding hydrogens is 284 g/mol. The second kappa shape index (κ2) is 3.47. The fraction of sp³-hybridized carbons (Fsp3) is 0. The fourth-order valence-electron chi connectivity index (χ4n) is 2.07. The number of carbonyl (C=O) groups excluding carboxylic acids is 1. The summed E-state index contributed by atoms with van der Waals surface area (Å²) >= 11 is 7.69. The first kappa shape index (κ1) is 10.1. The van der Waals surface area contributed by atoms with Crippen LogP contribution >= 0.6 is 28.6 Å². The molecule has 16 heavy (non-hydrogen) atoms. The Labute approximate surface area is 107 Å². The highest BCUT2D eigenvalue weighted by Gasteiger charge is 2.28. The average Bonchev–Trinajstić information content (AvgIpc) is 2.54. The van der Waals surface area contributed by atoms with Gasteiger partial charge < -0.3 is 0 Å². The van der Waals surface area contributed by atoms with Crippen molar-refractivity contribution in [2.24, 2.45) is 0 Å². The minimum absolute atomic E-state index is 0.0772. The highest BCUT2D eigenvalue weighted by Crippen LogP contribution is 2.40. The van der Waals surface area contributed by atoms with Gasteiger partial charge in [0, 0.05) is 20.5 Å². The van der Waals surface area contributed by atoms with Gasteiger partial charge in [0.2, 0.25) is 0 Å². The number of ketones is 1. The van der Waals surface area contributed by atoms with Crippen molar-refractivity contribution in [2.75, 3.05) is 0 Å². The first-order chi connectivity index (χ1) is 7.68. The second-order valence-corrected chi connectivity index (χ2v) is 5.09. The van der Waals surface area contributed by atoms with Crippen molar-refractivity contribution in [1.82, 2.24) is 0 Å². The Morgan fingerprint density at radius 2 is 1.81 bits per heavy atom. The highest BCUT2D eigenvalue weighted by atomic mass is 79.9. The SMILES string of the molecule is O=C1c2cc(S)ccc2-c2cccc(Br)c21. The van der Waals surface area contributed by atoms with Gasteiger partial charge in [0.15, 0.2) is 5.78 Å². The normalized spacial score (nSPS) is 12.5. The summed E-state index contributed by atoms with van der Waals surface area (Å²) in [5.74, 6) is 0.0772. The number of rotatable bonds is 0. The van der Waals surface area contributed by atoms with Crippen molar-refractivity contribution in [3.05, 3.63) is 52.0 Å². The van der Waals surface area contributed by atoms with Crippen LogP contribution in [0.1, 0.15) is 15.9 Å². The van der Waals surface area contributed by atoms with Gasteiger partial charge in [0.1, 0.15) is 0 Å². The highest BCUT2D eigenvalue weighted by molar-refractivity contribution is 9.10. The maximum atomic E-state index is 12.2. The molecule has 2 aromatic rings. The van der Waals surface area contributed by atoms with E-state index in [2.05, 4.69) is 28.6 Å². The van der Waals surface area contributed by atoms with Crippen LogP contribution in [0.4, 0.5) is 0 Å². The van der Waals surface area contributed by atoms with Crippen molar-refractivity contribution in [2.45, 2.75) is 4.90 Å². The van der Waals surface area contributed by atoms with Crippen LogP contribution < -0.4 is 0 Å². The van der Waals surface area contributed by atoms with E-state index in [1.54, 1.807) is 0 Å². The van der Waals surface area contributed by atoms with E-state index < -0.39 is 0 Å². The van der Waals surface area contributed by atoms with Crippen LogP contribution in [-0.4, -0.2) is 5.78 Å². The first-order valence-corrected chi connectivity index (χ1v) is 6.09. The summed E-state index contributed by atoms with van der Waals surface area (Å²) in [6, 6.07) is 11.5. The van der Waals surface area contributed by atoms with E-state index in [0.29, 0.717) is 0 Å². The van der Waals surface area contributed by atoms with Crippen LogP contribution in [0.15, 0.2) is 45.8 Å². The van der Waals surface area contributed by atoms with Gasteiger partial charge in [-0.25, -0.2) is 0 Å². The third-order valence-corrected chi connectivity index (χ3v) is 3.72. The van der Waals surface area contributed by atoms with Crippen LogP contribution in [-0.2, 0) is 0 Å². The summed E-state index contributed by atoms with van der Waals surface area (Å²) in [5, 5.41) is 0. The van der Waals surface area contributed by atoms with Crippen molar-refractivity contribution >= 4 is 34.3 Å². The first-order valence-electron chi connectivity index (χ1n) is 4.85. The minimum Gasteiger partial charge on any atom is -0.289 e. The Balaban J connectivity index is 2.39. The van der Waals surface area contributed by atoms with Crippen molar-refractivity contribution < 1.29 is 4.79 Å². The molecule has 1 nitrogen and oxygen atoms in total. The van der Waals surface area contributed by atoms with Gasteiger partial charge in [0.05, 0.1) is 0 Å². The van der Waals surface area contributed by atoms with E-state index in [0.717, 1.165) is 31.6 Å². The van der Waals surface area contributed by atoms with Gasteiger partial charge in [-0.1, -0.05) is 34.1 Å². The van der Waals surface area contributed by atoms with Gasteiger partial charge in [-0.15, -0.1) is 12.6 Å². The Bertz CT molecular complexity index is 619. The topological polar surface area (TPSA) is 17.1 Å². The molecule has 3 rings (SSSR count). The second-order valence-electron chi connectivity index (χ2n) is 3.72. The summed E-state index contributed by atoms with van der Waals surface area (Å²) in [6.07, 6.45) is 0. The molecule has 0 spiro atoms. The zero-order valence-electron chi connectivity index (χ0n) is 8.20. The van der Waals surface area contributed by atoms with Crippen LogP contribution in [0.3, 0.4) is 0 Å². The largest absolute Gasteiger partial charge is 0.289 e. The predicted octanol–water partition coefficient (Wildman–Crippen LogP) is 3.95. The number of thiol groups is 1. The molecule has 0 bridgehead atoms. The number of carbonyl (C=O) groups is 1. The Kier molecular flexibility index (Phi) is 2.19. The van der Waals surface area contributed by atoms with Crippen LogP contribution in [0.25, 0.3) is 11.1 Å². The predicted molar refractivity (Wildman–Crippen MR) is 70.3 cm³/mol. The van der Waals surface area contributed by atoms with E-state index in [4.69, 9.17) is 0 Å². The number of hydrogen-bond donors (Lipinski definition) is 1. The molecule has 0 unspecified atom stereocenters. The molecule has 0 heterocycles. The lowest BCUT2D eigenvalue weighted by atomic mass is 10.1. The number of hydrogen-bond acceptors (Lipinski definition) is 2. The smallest absolute Gasteiger partial charge is 0.195 e. The summed E-state index contributed by atoms with van der Waals surface area (Å²) in [4.78, 5) is 13.0. The summed E-state index contributed by atoms with van der Waals surface area (Å²) in [6.45, 7) is 0. The molecule has 1 aliphatic carbocycles. The minimum atomic E-state index is 0.0772. The van der Waals surface area contributed by atoms with Gasteiger partial charge >= 0.3 is 0 Å². The summed E-state index contributed by atoms with van der Waals surface area (Å²) < 4.78 is 0.854. The molecule has 0 N–H and O–H groups in total. The zero-order chi connectivity index (χ0) is 11.3. The molecular formula is C13H7BrOS. The maximum Gasteiger partial charge on any atom is 0.195 e. The van der Waals surface area contributed by atoms with Gasteiger partial charge in [0.25, 0.3) is 0 Å². The number of benzene rings is 2. The molecule has 78 valence electrons. The maximum absolute atomic E-state index is 12.2. The molecule has 0 amide bonds. The number of halogens is 1. The van der Waals surface area contributed by atoms with Crippen molar-refractivity contribution in [3.63, 3.8) is 0 Å². The molecule has 0 atom stereocenters. The van der Waals surface area contributed by atoms with E-state index in [1.165, 1.54) is 0 Å². The van der Waals surface area contributed by atoms with Gasteiger partial charge in [-0.05, 0) is 29.3 Å². The lowest BCUT2D eigenvalue weighted by molar-refractivity contribution is 0.104. The van der Waals surface area contributed by atoms with E-state index in [-0.39, 0.29) is 5.78 Å². The van der Waals surface area contributed by atoms with Crippen molar-refractivity contribution in [3.8, 4) is 11.1 Å². The van der Waals surface area contributed by atoms with Gasteiger partial charge in [-0.2, -0.15) is 0 Å². The number of fused-ring (bicyclic) bond motifs is 3. The molecule has 3 heteroatoms. The van der Waals surface area contributed by atoms with Crippen LogP contribution in [0.2, 0.25) is 0 Å². The van der Waals surface area contributed by atoms with E-state index >= 15 is 0 Å². The lowest BCUT2D eigenvalue weighted by Gasteiger charge is -2.00. The third-order valence-electron chi connectivity index (χ3n) is 2.78. The monoisotopic (exact) mass is 290 g/mol. The molecule has 0 fully saturated rings. The third kappa shape index (κ3) is 1.28. The Morgan fingerprint density at radius 1 is 1.00 bits per heavy atom. The standard InChI is InChI=1S/C13H7BrOS/c14-11-3-1-2-9-8-5-4-7(16)6-10(8)13(15)12(9)11/h1-6,16H. The van der Waals surface area contributed by atoms with Gasteiger partial charge in [-0.3, -0.25) is 4.79 Å². The zero-order valence-corrected chi connectivity index (χ0v) is 10.7. The molecule has 0 radical (unpaired) electrons. The molecule has 0 saturated carbocycles. The molecule has 0 aromatic heterocycles. The molecule has 2 aromatic carbocycles. The summed E-state index contributed by atoms with van der Waals surface area (Å²) in [5.41, 5.74) is 3.51. The Hall–Kier alpha value is -1.06. The van der Waals surface area contributed by atoms with E-state index in [1.807, 2.05) is 36.4 Å².